The van der Waals surface area contributed by atoms with Gasteiger partial charge in [-0.15, -0.1) is 0 Å². The van der Waals surface area contributed by atoms with Crippen molar-refractivity contribution in [1.82, 2.24) is 9.78 Å². The first-order chi connectivity index (χ1) is 14.9. The summed E-state index contributed by atoms with van der Waals surface area (Å²) in [6.45, 7) is 5.84. The van der Waals surface area contributed by atoms with Gasteiger partial charge in [0.1, 0.15) is 0 Å². The predicted octanol–water partition coefficient (Wildman–Crippen LogP) is 4.00. The number of fused-ring (bicyclic) bond motifs is 1. The van der Waals surface area contributed by atoms with E-state index >= 15 is 0 Å². The summed E-state index contributed by atoms with van der Waals surface area (Å²) in [6.07, 6.45) is 2.75. The van der Waals surface area contributed by atoms with Crippen LogP contribution < -0.4 is 10.9 Å². The number of carbonyl (C=O) groups is 2. The van der Waals surface area contributed by atoms with Crippen LogP contribution in [0.1, 0.15) is 47.8 Å². The SMILES string of the molecule is CCCCCn1nc(C(=O)OCC(=O)Nc2c(C)cccc2C)c2ccccc2c1=O. The van der Waals surface area contributed by atoms with Crippen molar-refractivity contribution in [2.75, 3.05) is 11.9 Å². The third-order valence-corrected chi connectivity index (χ3v) is 5.11. The normalized spacial score (nSPS) is 10.8. The Kier molecular flexibility index (Phi) is 7.18. The maximum Gasteiger partial charge on any atom is 0.359 e. The van der Waals surface area contributed by atoms with Crippen LogP contribution in [0.25, 0.3) is 10.8 Å². The summed E-state index contributed by atoms with van der Waals surface area (Å²) >= 11 is 0. The highest BCUT2D eigenvalue weighted by molar-refractivity contribution is 6.03. The number of amides is 1. The van der Waals surface area contributed by atoms with Crippen LogP contribution in [0.3, 0.4) is 0 Å². The molecule has 7 heteroatoms. The molecule has 7 nitrogen and oxygen atoms in total. The number of ether oxygens (including phenoxy) is 1. The molecule has 1 heterocycles. The number of unbranched alkanes of at least 4 members (excludes halogenated alkanes) is 2. The third kappa shape index (κ3) is 5.17. The second-order valence-corrected chi connectivity index (χ2v) is 7.52. The van der Waals surface area contributed by atoms with E-state index in [0.717, 1.165) is 30.4 Å². The number of hydrogen-bond acceptors (Lipinski definition) is 5. The van der Waals surface area contributed by atoms with Crippen molar-refractivity contribution in [2.24, 2.45) is 0 Å². The Labute approximate surface area is 181 Å². The van der Waals surface area contributed by atoms with Gasteiger partial charge >= 0.3 is 5.97 Å². The lowest BCUT2D eigenvalue weighted by Crippen LogP contribution is -2.28. The number of carbonyl (C=O) groups excluding carboxylic acids is 2. The van der Waals surface area contributed by atoms with Crippen molar-refractivity contribution in [1.29, 1.82) is 0 Å². The first-order valence-corrected chi connectivity index (χ1v) is 10.5. The molecule has 1 amide bonds. The molecule has 0 saturated carbocycles. The summed E-state index contributed by atoms with van der Waals surface area (Å²) in [7, 11) is 0. The molecule has 0 saturated heterocycles. The molecule has 31 heavy (non-hydrogen) atoms. The van der Waals surface area contributed by atoms with Crippen LogP contribution in [-0.4, -0.2) is 28.3 Å². The molecule has 1 aromatic heterocycles. The Morgan fingerprint density at radius 1 is 1.00 bits per heavy atom. The highest BCUT2D eigenvalue weighted by atomic mass is 16.5. The Morgan fingerprint density at radius 3 is 2.35 bits per heavy atom. The van der Waals surface area contributed by atoms with Crippen LogP contribution in [0.2, 0.25) is 0 Å². The highest BCUT2D eigenvalue weighted by Crippen LogP contribution is 2.19. The molecule has 0 unspecified atom stereocenters. The van der Waals surface area contributed by atoms with Crippen molar-refractivity contribution < 1.29 is 14.3 Å². The van der Waals surface area contributed by atoms with E-state index in [1.807, 2.05) is 32.0 Å². The minimum Gasteiger partial charge on any atom is -0.451 e. The number of para-hydroxylation sites is 1. The van der Waals surface area contributed by atoms with Gasteiger partial charge in [0.2, 0.25) is 0 Å². The van der Waals surface area contributed by atoms with Crippen LogP contribution in [0.15, 0.2) is 47.3 Å². The molecular weight excluding hydrogens is 394 g/mol. The Morgan fingerprint density at radius 2 is 1.68 bits per heavy atom. The second-order valence-electron chi connectivity index (χ2n) is 7.52. The zero-order valence-electron chi connectivity index (χ0n) is 18.1. The number of hydrogen-bond donors (Lipinski definition) is 1. The van der Waals surface area contributed by atoms with Crippen LogP contribution in [-0.2, 0) is 16.1 Å². The van der Waals surface area contributed by atoms with E-state index in [9.17, 15) is 14.4 Å². The van der Waals surface area contributed by atoms with Gasteiger partial charge in [-0.25, -0.2) is 9.48 Å². The van der Waals surface area contributed by atoms with Crippen LogP contribution in [0.5, 0.6) is 0 Å². The lowest BCUT2D eigenvalue weighted by Gasteiger charge is -2.13. The van der Waals surface area contributed by atoms with Crippen molar-refractivity contribution >= 4 is 28.3 Å². The maximum atomic E-state index is 12.8. The van der Waals surface area contributed by atoms with E-state index in [-0.39, 0.29) is 11.3 Å². The molecule has 0 aliphatic carbocycles. The number of rotatable bonds is 8. The van der Waals surface area contributed by atoms with E-state index in [4.69, 9.17) is 4.74 Å². The fraction of sp³-hybridized carbons (Fsp3) is 0.333. The fourth-order valence-electron chi connectivity index (χ4n) is 3.44. The molecular formula is C24H27N3O4. The Hall–Kier alpha value is -3.48. The zero-order chi connectivity index (χ0) is 22.4. The van der Waals surface area contributed by atoms with Gasteiger partial charge in [0, 0.05) is 17.6 Å². The van der Waals surface area contributed by atoms with Gasteiger partial charge in [0.15, 0.2) is 12.3 Å². The highest BCUT2D eigenvalue weighted by Gasteiger charge is 2.19. The molecule has 162 valence electrons. The largest absolute Gasteiger partial charge is 0.451 e. The van der Waals surface area contributed by atoms with Gasteiger partial charge in [0.05, 0.1) is 5.39 Å². The van der Waals surface area contributed by atoms with E-state index in [2.05, 4.69) is 17.3 Å². The van der Waals surface area contributed by atoms with Gasteiger partial charge in [-0.1, -0.05) is 56.2 Å². The van der Waals surface area contributed by atoms with Crippen molar-refractivity contribution in [3.05, 3.63) is 69.6 Å². The number of aromatic nitrogens is 2. The molecule has 0 fully saturated rings. The van der Waals surface area contributed by atoms with E-state index < -0.39 is 18.5 Å². The topological polar surface area (TPSA) is 90.3 Å². The quantitative estimate of drug-likeness (QED) is 0.439. The lowest BCUT2D eigenvalue weighted by atomic mass is 10.1. The molecule has 0 atom stereocenters. The number of aryl methyl sites for hydroxylation is 3. The first kappa shape index (κ1) is 22.2. The summed E-state index contributed by atoms with van der Waals surface area (Å²) in [5.41, 5.74) is 2.34. The average molecular weight is 421 g/mol. The summed E-state index contributed by atoms with van der Waals surface area (Å²) in [4.78, 5) is 37.8. The lowest BCUT2D eigenvalue weighted by molar-refractivity contribution is -0.119. The van der Waals surface area contributed by atoms with Crippen molar-refractivity contribution in [2.45, 2.75) is 46.6 Å². The molecule has 1 N–H and O–H groups in total. The standard InChI is InChI=1S/C24H27N3O4/c1-4-5-8-14-27-23(29)19-13-7-6-12-18(19)22(26-27)24(30)31-15-20(28)25-21-16(2)10-9-11-17(21)3/h6-7,9-13H,4-5,8,14-15H2,1-3H3,(H,25,28). The Bertz CT molecular complexity index is 1150. The number of anilines is 1. The minimum absolute atomic E-state index is 0.0339. The predicted molar refractivity (Wildman–Crippen MR) is 120 cm³/mol. The third-order valence-electron chi connectivity index (χ3n) is 5.11. The van der Waals surface area contributed by atoms with E-state index in [1.54, 1.807) is 24.3 Å². The molecule has 2 aromatic carbocycles. The van der Waals surface area contributed by atoms with Crippen LogP contribution in [0, 0.1) is 13.8 Å². The molecule has 3 aromatic rings. The van der Waals surface area contributed by atoms with Crippen LogP contribution >= 0.6 is 0 Å². The molecule has 3 rings (SSSR count). The average Bonchev–Trinajstić information content (AvgIpc) is 2.76. The first-order valence-electron chi connectivity index (χ1n) is 10.5. The maximum absolute atomic E-state index is 12.8. The summed E-state index contributed by atoms with van der Waals surface area (Å²) in [6, 6.07) is 12.5. The molecule has 0 aliphatic heterocycles. The smallest absolute Gasteiger partial charge is 0.359 e. The Balaban J connectivity index is 1.79. The van der Waals surface area contributed by atoms with E-state index in [1.165, 1.54) is 4.68 Å². The molecule has 0 spiro atoms. The summed E-state index contributed by atoms with van der Waals surface area (Å²) in [5, 5.41) is 7.87. The summed E-state index contributed by atoms with van der Waals surface area (Å²) in [5.74, 6) is -1.18. The van der Waals surface area contributed by atoms with Gasteiger partial charge in [0.25, 0.3) is 11.5 Å². The van der Waals surface area contributed by atoms with E-state index in [0.29, 0.717) is 23.0 Å². The van der Waals surface area contributed by atoms with Gasteiger partial charge in [-0.2, -0.15) is 5.10 Å². The number of benzene rings is 2. The van der Waals surface area contributed by atoms with Crippen molar-refractivity contribution in [3.8, 4) is 0 Å². The van der Waals surface area contributed by atoms with Gasteiger partial charge in [-0.3, -0.25) is 9.59 Å². The number of nitrogens with one attached hydrogen (secondary N) is 1. The minimum atomic E-state index is -0.739. The molecule has 0 radical (unpaired) electrons. The second kappa shape index (κ2) is 10.0. The van der Waals surface area contributed by atoms with Crippen LogP contribution in [0.4, 0.5) is 5.69 Å². The van der Waals surface area contributed by atoms with Gasteiger partial charge in [-0.05, 0) is 37.5 Å². The summed E-state index contributed by atoms with van der Waals surface area (Å²) < 4.78 is 6.55. The molecule has 0 aliphatic rings. The zero-order valence-corrected chi connectivity index (χ0v) is 18.1. The molecule has 0 bridgehead atoms. The monoisotopic (exact) mass is 421 g/mol. The van der Waals surface area contributed by atoms with Gasteiger partial charge < -0.3 is 10.1 Å². The fourth-order valence-corrected chi connectivity index (χ4v) is 3.44. The van der Waals surface area contributed by atoms with Crippen molar-refractivity contribution in [3.63, 3.8) is 0 Å². The number of nitrogens with zero attached hydrogens (tertiary/aromatic N) is 2. The number of esters is 1.